The zero-order valence-corrected chi connectivity index (χ0v) is 22.1. The number of likely N-dealkylation sites (N-methyl/N-ethyl adjacent to an activating group) is 1. The first-order valence-corrected chi connectivity index (χ1v) is 12.6. The summed E-state index contributed by atoms with van der Waals surface area (Å²) in [6.07, 6.45) is 2.79. The third kappa shape index (κ3) is 6.54. The van der Waals surface area contributed by atoms with Crippen molar-refractivity contribution in [3.05, 3.63) is 34.2 Å². The fourth-order valence-electron chi connectivity index (χ4n) is 4.62. The number of fused-ring (bicyclic) bond motifs is 1. The Balaban J connectivity index is 1.62. The summed E-state index contributed by atoms with van der Waals surface area (Å²) in [7, 11) is 3.23. The second-order valence-electron chi connectivity index (χ2n) is 10.3. The molecule has 0 aliphatic carbocycles. The van der Waals surface area contributed by atoms with Crippen LogP contribution in [0.4, 0.5) is 4.79 Å². The zero-order valence-electron chi connectivity index (χ0n) is 22.1. The number of ether oxygens (including phenoxy) is 1. The summed E-state index contributed by atoms with van der Waals surface area (Å²) in [5.41, 5.74) is 1.81. The number of nitrogens with one attached hydrogen (secondary N) is 1. The predicted molar refractivity (Wildman–Crippen MR) is 138 cm³/mol. The largest absolute Gasteiger partial charge is 0.444 e. The molecule has 1 unspecified atom stereocenters. The van der Waals surface area contributed by atoms with Gasteiger partial charge in [-0.1, -0.05) is 6.07 Å². The maximum Gasteiger partial charge on any atom is 0.410 e. The topological polar surface area (TPSA) is 106 Å². The highest BCUT2D eigenvalue weighted by atomic mass is 16.6. The van der Waals surface area contributed by atoms with E-state index in [4.69, 9.17) is 4.74 Å². The number of piperazine rings is 1. The van der Waals surface area contributed by atoms with Gasteiger partial charge in [-0.05, 0) is 64.3 Å². The molecule has 198 valence electrons. The number of aromatic nitrogens is 2. The number of carbonyl (C=O) groups is 3. The van der Waals surface area contributed by atoms with Crippen LogP contribution in [0.5, 0.6) is 0 Å². The van der Waals surface area contributed by atoms with E-state index >= 15 is 0 Å². The van der Waals surface area contributed by atoms with Crippen LogP contribution in [0.1, 0.15) is 51.6 Å². The lowest BCUT2D eigenvalue weighted by atomic mass is 10.1. The van der Waals surface area contributed by atoms with Crippen molar-refractivity contribution in [3.8, 4) is 0 Å². The molecule has 0 radical (unpaired) electrons. The number of aldehydes is 1. The van der Waals surface area contributed by atoms with Crippen molar-refractivity contribution in [1.29, 1.82) is 0 Å². The molecule has 2 aromatic rings. The second-order valence-corrected chi connectivity index (χ2v) is 10.3. The van der Waals surface area contributed by atoms with Crippen LogP contribution >= 0.6 is 0 Å². The lowest BCUT2D eigenvalue weighted by molar-refractivity contribution is -0.124. The van der Waals surface area contributed by atoms with Crippen LogP contribution in [0.25, 0.3) is 11.0 Å². The molecule has 10 nitrogen and oxygen atoms in total. The Kier molecular flexibility index (Phi) is 8.94. The van der Waals surface area contributed by atoms with Crippen LogP contribution in [0.15, 0.2) is 23.0 Å². The minimum Gasteiger partial charge on any atom is -0.444 e. The lowest BCUT2D eigenvalue weighted by Gasteiger charge is -2.35. The molecular formula is C26H39N5O5. The van der Waals surface area contributed by atoms with E-state index in [0.717, 1.165) is 49.8 Å². The maximum absolute atomic E-state index is 13.0. The molecule has 0 bridgehead atoms. The summed E-state index contributed by atoms with van der Waals surface area (Å²) in [6, 6.07) is 5.16. The molecule has 0 saturated carbocycles. The van der Waals surface area contributed by atoms with Gasteiger partial charge in [0, 0.05) is 46.7 Å². The summed E-state index contributed by atoms with van der Waals surface area (Å²) in [5.74, 6) is -0.290. The van der Waals surface area contributed by atoms with Crippen LogP contribution in [0.3, 0.4) is 0 Å². The van der Waals surface area contributed by atoms with Crippen molar-refractivity contribution in [2.24, 2.45) is 7.05 Å². The van der Waals surface area contributed by atoms with Gasteiger partial charge in [-0.15, -0.1) is 0 Å². The molecular weight excluding hydrogens is 462 g/mol. The van der Waals surface area contributed by atoms with Gasteiger partial charge < -0.3 is 19.7 Å². The molecule has 0 spiro atoms. The first kappa shape index (κ1) is 27.4. The van der Waals surface area contributed by atoms with Crippen molar-refractivity contribution >= 4 is 29.3 Å². The molecule has 2 amide bonds. The highest BCUT2D eigenvalue weighted by molar-refractivity contribution is 5.84. The molecule has 1 saturated heterocycles. The van der Waals surface area contributed by atoms with E-state index in [2.05, 4.69) is 10.2 Å². The predicted octanol–water partition coefficient (Wildman–Crippen LogP) is 2.09. The molecule has 1 fully saturated rings. The minimum absolute atomic E-state index is 0.199. The number of rotatable bonds is 9. The van der Waals surface area contributed by atoms with Crippen molar-refractivity contribution in [1.82, 2.24) is 24.3 Å². The number of benzene rings is 1. The van der Waals surface area contributed by atoms with Crippen LogP contribution in [0.2, 0.25) is 0 Å². The van der Waals surface area contributed by atoms with Crippen molar-refractivity contribution in [2.45, 2.75) is 58.1 Å². The van der Waals surface area contributed by atoms with Crippen LogP contribution in [-0.2, 0) is 27.8 Å². The van der Waals surface area contributed by atoms with Gasteiger partial charge in [0.1, 0.15) is 17.9 Å². The van der Waals surface area contributed by atoms with Crippen LogP contribution in [0, 0.1) is 0 Å². The summed E-state index contributed by atoms with van der Waals surface area (Å²) in [5, 5.41) is 2.61. The van der Waals surface area contributed by atoms with Gasteiger partial charge in [0.25, 0.3) is 0 Å². The molecule has 1 atom stereocenters. The maximum atomic E-state index is 13.0. The number of imidazole rings is 1. The van der Waals surface area contributed by atoms with Crippen molar-refractivity contribution in [3.63, 3.8) is 0 Å². The third-order valence-electron chi connectivity index (χ3n) is 6.54. The van der Waals surface area contributed by atoms with Crippen LogP contribution < -0.4 is 11.0 Å². The summed E-state index contributed by atoms with van der Waals surface area (Å²) in [6.45, 7) is 9.50. The first-order valence-electron chi connectivity index (χ1n) is 12.6. The number of hydrogen-bond donors (Lipinski definition) is 1. The average molecular weight is 502 g/mol. The monoisotopic (exact) mass is 501 g/mol. The molecule has 1 aliphatic heterocycles. The third-order valence-corrected chi connectivity index (χ3v) is 6.54. The van der Waals surface area contributed by atoms with Gasteiger partial charge >= 0.3 is 11.8 Å². The Morgan fingerprint density at radius 3 is 2.44 bits per heavy atom. The SMILES string of the molecule is CNC(=O)C(CCC=O)n1c(=O)n(C)c2cc(CCCN3CCN(C(=O)OC(C)(C)C)CC3)ccc21. The van der Waals surface area contributed by atoms with Gasteiger partial charge in [-0.3, -0.25) is 18.8 Å². The molecule has 1 aromatic carbocycles. The van der Waals surface area contributed by atoms with E-state index in [1.165, 1.54) is 11.6 Å². The number of hydrogen-bond acceptors (Lipinski definition) is 6. The lowest BCUT2D eigenvalue weighted by Crippen LogP contribution is -2.50. The average Bonchev–Trinajstić information content (AvgIpc) is 3.08. The summed E-state index contributed by atoms with van der Waals surface area (Å²) >= 11 is 0. The van der Waals surface area contributed by atoms with Gasteiger partial charge in [0.15, 0.2) is 0 Å². The van der Waals surface area contributed by atoms with Gasteiger partial charge in [0.2, 0.25) is 5.91 Å². The van der Waals surface area contributed by atoms with Crippen molar-refractivity contribution in [2.75, 3.05) is 39.8 Å². The van der Waals surface area contributed by atoms with Crippen molar-refractivity contribution < 1.29 is 19.1 Å². The Hall–Kier alpha value is -3.14. The Bertz CT molecular complexity index is 1140. The molecule has 2 heterocycles. The number of carbonyl (C=O) groups excluding carboxylic acids is 3. The fraction of sp³-hybridized carbons (Fsp3) is 0.615. The van der Waals surface area contributed by atoms with E-state index in [1.807, 2.05) is 39.0 Å². The van der Waals surface area contributed by atoms with E-state index in [0.29, 0.717) is 18.6 Å². The van der Waals surface area contributed by atoms with Gasteiger partial charge in [0.05, 0.1) is 11.0 Å². The molecule has 1 aliphatic rings. The number of amides is 2. The van der Waals surface area contributed by atoms with E-state index in [1.54, 1.807) is 16.5 Å². The smallest absolute Gasteiger partial charge is 0.410 e. The van der Waals surface area contributed by atoms with Crippen LogP contribution in [-0.4, -0.2) is 82.6 Å². The molecule has 10 heteroatoms. The summed E-state index contributed by atoms with van der Waals surface area (Å²) < 4.78 is 8.52. The van der Waals surface area contributed by atoms with E-state index < -0.39 is 11.6 Å². The number of aryl methyl sites for hydroxylation is 2. The first-order chi connectivity index (χ1) is 17.1. The van der Waals surface area contributed by atoms with E-state index in [-0.39, 0.29) is 30.5 Å². The Labute approximate surface area is 212 Å². The second kappa shape index (κ2) is 11.7. The van der Waals surface area contributed by atoms with Gasteiger partial charge in [-0.2, -0.15) is 0 Å². The number of nitrogens with zero attached hydrogens (tertiary/aromatic N) is 4. The summed E-state index contributed by atoms with van der Waals surface area (Å²) in [4.78, 5) is 52.8. The highest BCUT2D eigenvalue weighted by Gasteiger charge is 2.26. The molecule has 1 aromatic heterocycles. The zero-order chi connectivity index (χ0) is 26.5. The normalized spacial score (nSPS) is 15.6. The quantitative estimate of drug-likeness (QED) is 0.528. The standard InChI is InChI=1S/C26H39N5O5/c1-26(2,3)36-25(35)30-15-13-29(14-16-30)12-6-8-19-10-11-20-22(18-19)28(5)24(34)31(20)21(9-7-17-32)23(33)27-4/h10-11,17-18,21H,6-9,12-16H2,1-5H3,(H,27,33). The molecule has 1 N–H and O–H groups in total. The van der Waals surface area contributed by atoms with Gasteiger partial charge in [-0.25, -0.2) is 9.59 Å². The minimum atomic E-state index is -0.735. The molecule has 3 rings (SSSR count). The highest BCUT2D eigenvalue weighted by Crippen LogP contribution is 2.22. The van der Waals surface area contributed by atoms with E-state index in [9.17, 15) is 19.2 Å². The fourth-order valence-corrected chi connectivity index (χ4v) is 4.62. The Morgan fingerprint density at radius 2 is 1.83 bits per heavy atom. The Morgan fingerprint density at radius 1 is 1.14 bits per heavy atom. The molecule has 36 heavy (non-hydrogen) atoms.